The molecule has 4 aliphatic rings. The van der Waals surface area contributed by atoms with Crippen LogP contribution in [0.3, 0.4) is 0 Å². The number of hydrogen-bond acceptors (Lipinski definition) is 8. The summed E-state index contributed by atoms with van der Waals surface area (Å²) in [5.74, 6) is -0.397. The normalized spacial score (nSPS) is 30.1. The van der Waals surface area contributed by atoms with Crippen LogP contribution in [0.2, 0.25) is 0 Å². The third-order valence-electron chi connectivity index (χ3n) is 7.23. The number of nitrogens with zero attached hydrogens (tertiary/aromatic N) is 5. The van der Waals surface area contributed by atoms with Gasteiger partial charge in [-0.25, -0.2) is 0 Å². The molecule has 13 heteroatoms. The molecule has 2 saturated heterocycles. The first-order valence-electron chi connectivity index (χ1n) is 13.5. The fourth-order valence-corrected chi connectivity index (χ4v) is 4.93. The molecule has 12 nitrogen and oxygen atoms in total. The smallest absolute Gasteiger partial charge is 0.658 e. The molecule has 1 saturated carbocycles. The predicted octanol–water partition coefficient (Wildman–Crippen LogP) is 3.47. The molecular weight excluding hydrogens is 551 g/mol. The van der Waals surface area contributed by atoms with Gasteiger partial charge < -0.3 is 21.1 Å². The van der Waals surface area contributed by atoms with E-state index in [0.717, 1.165) is 32.4 Å². The number of nitro groups is 2. The molecule has 5 unspecified atom stereocenters. The third-order valence-corrected chi connectivity index (χ3v) is 7.23. The molecule has 2 N–H and O–H groups in total. The maximum atomic E-state index is 11.6. The number of ketones is 1. The number of carbonyl (C=O) groups excluding carboxylic acids is 1. The molecule has 3 fully saturated rings. The van der Waals surface area contributed by atoms with Crippen LogP contribution in [0.5, 0.6) is 0 Å². The average molecular weight is 589 g/mol. The van der Waals surface area contributed by atoms with Crippen LogP contribution in [0, 0.1) is 26.1 Å². The van der Waals surface area contributed by atoms with E-state index in [-0.39, 0.29) is 44.9 Å². The minimum atomic E-state index is -0.529. The first kappa shape index (κ1) is 32.7. The Morgan fingerprint density at radius 3 is 2.33 bits per heavy atom. The fraction of sp³-hybridized carbons (Fsp3) is 0.692. The number of carbonyl (C=O) groups is 1. The van der Waals surface area contributed by atoms with Crippen molar-refractivity contribution < 1.29 is 36.2 Å². The van der Waals surface area contributed by atoms with Crippen molar-refractivity contribution in [1.82, 2.24) is 5.32 Å². The predicted molar refractivity (Wildman–Crippen MR) is 145 cm³/mol. The molecule has 5 atom stereocenters. The van der Waals surface area contributed by atoms with Gasteiger partial charge in [0.15, 0.2) is 5.78 Å². The van der Waals surface area contributed by atoms with Gasteiger partial charge in [-0.05, 0) is 19.0 Å². The van der Waals surface area contributed by atoms with Crippen LogP contribution in [0.1, 0.15) is 57.8 Å². The summed E-state index contributed by atoms with van der Waals surface area (Å²) in [6.07, 6.45) is 14.7. The summed E-state index contributed by atoms with van der Waals surface area (Å²) < 4.78 is 0. The van der Waals surface area contributed by atoms with Gasteiger partial charge in [0, 0.05) is 60.4 Å². The molecule has 2 aliphatic heterocycles. The van der Waals surface area contributed by atoms with E-state index in [2.05, 4.69) is 20.9 Å². The molecule has 4 rings (SSSR count). The largest absolute Gasteiger partial charge is 2.00 e. The van der Waals surface area contributed by atoms with Gasteiger partial charge >= 0.3 is 16.5 Å². The Morgan fingerprint density at radius 2 is 1.72 bits per heavy atom. The molecule has 0 bridgehead atoms. The van der Waals surface area contributed by atoms with Gasteiger partial charge in [-0.1, -0.05) is 38.5 Å². The van der Waals surface area contributed by atoms with E-state index in [0.29, 0.717) is 44.0 Å². The van der Waals surface area contributed by atoms with Crippen molar-refractivity contribution in [3.63, 3.8) is 0 Å². The average Bonchev–Trinajstić information content (AvgIpc) is 2.92. The fourth-order valence-electron chi connectivity index (χ4n) is 4.93. The molecule has 0 aromatic heterocycles. The van der Waals surface area contributed by atoms with Crippen molar-refractivity contribution in [2.24, 2.45) is 10.9 Å². The van der Waals surface area contributed by atoms with Gasteiger partial charge in [0.25, 0.3) is 5.70 Å². The number of allylic oxidation sites excluding steroid dienone is 4. The Bertz CT molecular complexity index is 943. The Hall–Kier alpha value is -2.47. The van der Waals surface area contributed by atoms with Gasteiger partial charge in [-0.3, -0.25) is 30.0 Å². The molecule has 0 spiro atoms. The first-order valence-corrected chi connectivity index (χ1v) is 13.5. The number of piperidine rings is 2. The SMILES string of the molecule is O=C1C=CC([N+](=O)[O-])=C/C1=C/NCC1CCCC[N-]1.O=[N+]([O-])C1CCC(O)C(C=NCC2CCCC[N-]2)C1.[Ni+2]. The maximum Gasteiger partial charge on any atom is 2.00 e. The Morgan fingerprint density at radius 1 is 1.03 bits per heavy atom. The summed E-state index contributed by atoms with van der Waals surface area (Å²) in [7, 11) is 0. The van der Waals surface area contributed by atoms with Gasteiger partial charge in [-0.2, -0.15) is 0 Å². The quantitative estimate of drug-likeness (QED) is 0.143. The zero-order chi connectivity index (χ0) is 27.3. The van der Waals surface area contributed by atoms with E-state index in [1.807, 2.05) is 0 Å². The topological polar surface area (TPSA) is 176 Å². The summed E-state index contributed by atoms with van der Waals surface area (Å²) in [4.78, 5) is 36.6. The van der Waals surface area contributed by atoms with Gasteiger partial charge in [0.05, 0.1) is 11.0 Å². The van der Waals surface area contributed by atoms with Crippen molar-refractivity contribution >= 4 is 12.0 Å². The number of aliphatic imine (C=N–C) groups is 1. The Kier molecular flexibility index (Phi) is 14.5. The second kappa shape index (κ2) is 17.3. The molecule has 0 aromatic rings. The minimum Gasteiger partial charge on any atom is -0.658 e. The zero-order valence-electron chi connectivity index (χ0n) is 22.0. The Balaban J connectivity index is 0.000000267. The molecule has 0 aromatic carbocycles. The van der Waals surface area contributed by atoms with E-state index in [9.17, 15) is 30.1 Å². The van der Waals surface area contributed by atoms with E-state index < -0.39 is 17.1 Å². The molecular formula is C26H38N6NiO6. The third kappa shape index (κ3) is 11.3. The second-order valence-electron chi connectivity index (χ2n) is 10.1. The number of rotatable bonds is 8. The van der Waals surface area contributed by atoms with Crippen LogP contribution >= 0.6 is 0 Å². The summed E-state index contributed by atoms with van der Waals surface area (Å²) in [5.41, 5.74) is 0.236. The minimum absolute atomic E-state index is 0. The van der Waals surface area contributed by atoms with E-state index in [1.165, 1.54) is 37.5 Å². The van der Waals surface area contributed by atoms with E-state index >= 15 is 0 Å². The molecule has 39 heavy (non-hydrogen) atoms. The Labute approximate surface area is 239 Å². The summed E-state index contributed by atoms with van der Waals surface area (Å²) in [6, 6.07) is 0.0510. The standard InChI is InChI=1S/C13H22N3O3.C13H16N3O3.Ni/c2*17-13-5-4-12(16(18)19)7-10(13)8-14-9-11-3-1-2-6-15-11;/h8,10-13,17H,1-7,9H2;4-5,7-8,11,14H,1-3,6,9H2;/q2*-1;+2/b;10-8-;. The van der Waals surface area contributed by atoms with Crippen LogP contribution in [-0.2, 0) is 21.3 Å². The second-order valence-corrected chi connectivity index (χ2v) is 10.1. The molecule has 0 amide bonds. The number of hydrogen-bond donors (Lipinski definition) is 2. The summed E-state index contributed by atoms with van der Waals surface area (Å²) in [5, 5.41) is 43.3. The van der Waals surface area contributed by atoms with Crippen LogP contribution in [0.25, 0.3) is 10.6 Å². The van der Waals surface area contributed by atoms with E-state index in [4.69, 9.17) is 0 Å². The van der Waals surface area contributed by atoms with Crippen molar-refractivity contribution in [2.45, 2.75) is 82.0 Å². The van der Waals surface area contributed by atoms with Crippen molar-refractivity contribution in [2.75, 3.05) is 26.2 Å². The van der Waals surface area contributed by atoms with Gasteiger partial charge in [0.1, 0.15) is 0 Å². The van der Waals surface area contributed by atoms with Crippen LogP contribution < -0.4 is 5.32 Å². The number of aliphatic hydroxyl groups is 1. The van der Waals surface area contributed by atoms with Crippen molar-refractivity contribution in [3.8, 4) is 0 Å². The van der Waals surface area contributed by atoms with Crippen LogP contribution in [0.15, 0.2) is 40.7 Å². The molecule has 218 valence electrons. The van der Waals surface area contributed by atoms with E-state index in [1.54, 1.807) is 12.4 Å². The molecule has 2 aliphatic carbocycles. The zero-order valence-corrected chi connectivity index (χ0v) is 23.0. The number of nitrogens with one attached hydrogen (secondary N) is 1. The molecule has 0 radical (unpaired) electrons. The van der Waals surface area contributed by atoms with Crippen LogP contribution in [-0.4, -0.2) is 77.4 Å². The van der Waals surface area contributed by atoms with Crippen molar-refractivity contribution in [3.05, 3.63) is 66.6 Å². The summed E-state index contributed by atoms with van der Waals surface area (Å²) in [6.45, 7) is 3.15. The number of aliphatic hydroxyl groups excluding tert-OH is 1. The van der Waals surface area contributed by atoms with Gasteiger partial charge in [-0.15, -0.1) is 25.2 Å². The monoisotopic (exact) mass is 588 g/mol. The van der Waals surface area contributed by atoms with Crippen LogP contribution in [0.4, 0.5) is 0 Å². The molecule has 2 heterocycles. The first-order chi connectivity index (χ1) is 18.3. The van der Waals surface area contributed by atoms with Gasteiger partial charge in [0.2, 0.25) is 6.04 Å². The maximum absolute atomic E-state index is 11.6. The summed E-state index contributed by atoms with van der Waals surface area (Å²) >= 11 is 0. The van der Waals surface area contributed by atoms with Crippen molar-refractivity contribution in [1.29, 1.82) is 0 Å².